The summed E-state index contributed by atoms with van der Waals surface area (Å²) in [5.41, 5.74) is 0. The number of hydrogen-bond acceptors (Lipinski definition) is 2. The standard InChI is InChI=1S/C4H5O2.Zr/c5-3-6-4-1-2-4;/h4H,1-2H2;/q-1;. The first-order valence-corrected chi connectivity index (χ1v) is 1.96. The minimum atomic E-state index is 0. The average molecular weight is 176 g/mol. The van der Waals surface area contributed by atoms with Crippen LogP contribution in [0, 0.1) is 0 Å². The molecule has 0 bridgehead atoms. The van der Waals surface area contributed by atoms with Gasteiger partial charge in [0, 0.05) is 26.2 Å². The predicted molar refractivity (Wildman–Crippen MR) is 19.8 cm³/mol. The molecular weight excluding hydrogens is 171 g/mol. The van der Waals surface area contributed by atoms with E-state index in [1.807, 2.05) is 0 Å². The molecule has 1 saturated carbocycles. The van der Waals surface area contributed by atoms with Crippen molar-refractivity contribution in [3.63, 3.8) is 0 Å². The van der Waals surface area contributed by atoms with E-state index in [1.165, 1.54) is 6.47 Å². The molecule has 0 unspecified atom stereocenters. The molecule has 0 aromatic heterocycles. The summed E-state index contributed by atoms with van der Waals surface area (Å²) in [7, 11) is 0. The molecule has 2 nitrogen and oxygen atoms in total. The second-order valence-corrected chi connectivity index (χ2v) is 1.40. The maximum Gasteiger partial charge on any atom is 0.0598 e. The van der Waals surface area contributed by atoms with Crippen LogP contribution in [0.1, 0.15) is 12.8 Å². The van der Waals surface area contributed by atoms with Gasteiger partial charge in [-0.05, 0) is 12.8 Å². The van der Waals surface area contributed by atoms with E-state index < -0.39 is 0 Å². The van der Waals surface area contributed by atoms with Crippen LogP contribution in [0.3, 0.4) is 0 Å². The van der Waals surface area contributed by atoms with E-state index >= 15 is 0 Å². The molecule has 1 fully saturated rings. The van der Waals surface area contributed by atoms with E-state index in [9.17, 15) is 4.79 Å². The third kappa shape index (κ3) is 2.98. The zero-order chi connectivity index (χ0) is 4.41. The topological polar surface area (TPSA) is 26.3 Å². The van der Waals surface area contributed by atoms with Crippen LogP contribution in [-0.2, 0) is 35.7 Å². The second kappa shape index (κ2) is 3.37. The van der Waals surface area contributed by atoms with Crippen molar-refractivity contribution in [2.24, 2.45) is 0 Å². The van der Waals surface area contributed by atoms with Crippen LogP contribution in [0.15, 0.2) is 0 Å². The van der Waals surface area contributed by atoms with E-state index in [1.54, 1.807) is 0 Å². The first kappa shape index (κ1) is 7.35. The largest absolute Gasteiger partial charge is 0.651 e. The molecule has 0 aromatic carbocycles. The van der Waals surface area contributed by atoms with Crippen molar-refractivity contribution in [1.82, 2.24) is 0 Å². The van der Waals surface area contributed by atoms with Gasteiger partial charge < -0.3 is 9.53 Å². The Morgan fingerprint density at radius 2 is 2.14 bits per heavy atom. The third-order valence-electron chi connectivity index (χ3n) is 0.739. The van der Waals surface area contributed by atoms with Crippen molar-refractivity contribution < 1.29 is 35.7 Å². The smallest absolute Gasteiger partial charge is 0.0598 e. The number of carbonyl (C=O) groups excluding carboxylic acids is 1. The summed E-state index contributed by atoms with van der Waals surface area (Å²) in [6, 6.07) is 0. The molecule has 0 radical (unpaired) electrons. The normalized spacial score (nSPS) is 17.1. The van der Waals surface area contributed by atoms with E-state index in [0.717, 1.165) is 12.8 Å². The van der Waals surface area contributed by atoms with Gasteiger partial charge in [-0.2, -0.15) is 0 Å². The van der Waals surface area contributed by atoms with Crippen LogP contribution in [-0.4, -0.2) is 12.6 Å². The van der Waals surface area contributed by atoms with Gasteiger partial charge in [-0.3, -0.25) is 0 Å². The Labute approximate surface area is 61.4 Å². The van der Waals surface area contributed by atoms with Gasteiger partial charge in [0.1, 0.15) is 0 Å². The van der Waals surface area contributed by atoms with Crippen molar-refractivity contribution in [2.45, 2.75) is 18.9 Å². The minimum Gasteiger partial charge on any atom is -0.651 e. The van der Waals surface area contributed by atoms with Gasteiger partial charge in [0.25, 0.3) is 0 Å². The average Bonchev–Trinajstić information content (AvgIpc) is 2.21. The van der Waals surface area contributed by atoms with Crippen molar-refractivity contribution >= 4 is 6.47 Å². The molecule has 7 heavy (non-hydrogen) atoms. The summed E-state index contributed by atoms with van der Waals surface area (Å²) >= 11 is 0. The SMILES string of the molecule is O=[C-]OC1CC1.[Zr]. The fourth-order valence-electron chi connectivity index (χ4n) is 0.254. The van der Waals surface area contributed by atoms with Crippen LogP contribution in [0.25, 0.3) is 0 Å². The monoisotopic (exact) mass is 175 g/mol. The summed E-state index contributed by atoms with van der Waals surface area (Å²) in [6.07, 6.45) is 2.30. The Morgan fingerprint density at radius 1 is 1.57 bits per heavy atom. The zero-order valence-corrected chi connectivity index (χ0v) is 6.27. The Hall–Kier alpha value is 0.353. The first-order valence-electron chi connectivity index (χ1n) is 1.96. The molecule has 1 rings (SSSR count). The Morgan fingerprint density at radius 3 is 2.29 bits per heavy atom. The van der Waals surface area contributed by atoms with Crippen LogP contribution < -0.4 is 0 Å². The quantitative estimate of drug-likeness (QED) is 0.563. The van der Waals surface area contributed by atoms with Gasteiger partial charge in [0.05, 0.1) is 6.10 Å². The van der Waals surface area contributed by atoms with Crippen molar-refractivity contribution in [3.8, 4) is 0 Å². The molecule has 3 heteroatoms. The fraction of sp³-hybridized carbons (Fsp3) is 0.750. The van der Waals surface area contributed by atoms with Gasteiger partial charge in [-0.1, -0.05) is 6.47 Å². The van der Waals surface area contributed by atoms with E-state index in [-0.39, 0.29) is 32.3 Å². The summed E-state index contributed by atoms with van der Waals surface area (Å²) in [5, 5.41) is 0. The van der Waals surface area contributed by atoms with Crippen LogP contribution in [0.5, 0.6) is 0 Å². The Balaban J connectivity index is 0.000000360. The molecule has 0 amide bonds. The van der Waals surface area contributed by atoms with E-state index in [2.05, 4.69) is 4.74 Å². The number of ether oxygens (including phenoxy) is 1. The fourth-order valence-corrected chi connectivity index (χ4v) is 0.254. The van der Waals surface area contributed by atoms with Gasteiger partial charge in [0.15, 0.2) is 0 Å². The van der Waals surface area contributed by atoms with Crippen LogP contribution in [0.2, 0.25) is 0 Å². The van der Waals surface area contributed by atoms with Crippen molar-refractivity contribution in [2.75, 3.05) is 0 Å². The van der Waals surface area contributed by atoms with Gasteiger partial charge in [0.2, 0.25) is 0 Å². The van der Waals surface area contributed by atoms with Crippen molar-refractivity contribution in [3.05, 3.63) is 0 Å². The maximum atomic E-state index is 9.31. The van der Waals surface area contributed by atoms with Gasteiger partial charge in [-0.25, -0.2) is 0 Å². The number of rotatable bonds is 2. The third-order valence-corrected chi connectivity index (χ3v) is 0.739. The first-order chi connectivity index (χ1) is 2.93. The molecule has 0 heterocycles. The zero-order valence-electron chi connectivity index (χ0n) is 3.81. The Kier molecular flexibility index (Phi) is 3.54. The second-order valence-electron chi connectivity index (χ2n) is 1.40. The van der Waals surface area contributed by atoms with Crippen LogP contribution in [0.4, 0.5) is 0 Å². The molecule has 0 aromatic rings. The molecular formula is C4H5O2Zr-. The summed E-state index contributed by atoms with van der Waals surface area (Å²) < 4.78 is 4.35. The summed E-state index contributed by atoms with van der Waals surface area (Å²) in [5.74, 6) is 0. The molecule has 0 N–H and O–H groups in total. The maximum absolute atomic E-state index is 9.31. The summed E-state index contributed by atoms with van der Waals surface area (Å²) in [6.45, 7) is 1.38. The minimum absolute atomic E-state index is 0. The predicted octanol–water partition coefficient (Wildman–Crippen LogP) is 0.230. The van der Waals surface area contributed by atoms with Gasteiger partial charge >= 0.3 is 0 Å². The van der Waals surface area contributed by atoms with Gasteiger partial charge in [-0.15, -0.1) is 0 Å². The molecule has 0 saturated heterocycles. The Bertz CT molecular complexity index is 60.7. The molecule has 1 aliphatic carbocycles. The molecule has 0 spiro atoms. The van der Waals surface area contributed by atoms with E-state index in [0.29, 0.717) is 0 Å². The molecule has 0 aliphatic heterocycles. The molecule has 38 valence electrons. The number of hydrogen-bond donors (Lipinski definition) is 0. The van der Waals surface area contributed by atoms with Crippen LogP contribution >= 0.6 is 0 Å². The van der Waals surface area contributed by atoms with E-state index in [4.69, 9.17) is 0 Å². The summed E-state index contributed by atoms with van der Waals surface area (Å²) in [4.78, 5) is 9.31. The molecule has 1 aliphatic rings. The van der Waals surface area contributed by atoms with Crippen molar-refractivity contribution in [1.29, 1.82) is 0 Å². The molecule has 0 atom stereocenters.